The van der Waals surface area contributed by atoms with Crippen LogP contribution in [0.25, 0.3) is 0 Å². The van der Waals surface area contributed by atoms with Crippen molar-refractivity contribution in [3.05, 3.63) is 15.9 Å². The summed E-state index contributed by atoms with van der Waals surface area (Å²) in [7, 11) is 0. The van der Waals surface area contributed by atoms with Gasteiger partial charge in [-0.25, -0.2) is 0 Å². The molecule has 2 rings (SSSR count). The van der Waals surface area contributed by atoms with E-state index in [1.165, 1.54) is 30.5 Å². The summed E-state index contributed by atoms with van der Waals surface area (Å²) in [6, 6.07) is 0. The Hall–Kier alpha value is -0.350. The van der Waals surface area contributed by atoms with Gasteiger partial charge in [-0.2, -0.15) is 5.10 Å². The number of aryl methyl sites for hydroxylation is 1. The average Bonchev–Trinajstić information content (AvgIpc) is 2.46. The van der Waals surface area contributed by atoms with Crippen LogP contribution in [0.1, 0.15) is 24.1 Å². The van der Waals surface area contributed by atoms with Gasteiger partial charge in [-0.15, -0.1) is 0 Å². The molecule has 1 heterocycles. The van der Waals surface area contributed by atoms with Crippen LogP contribution in [0.5, 0.6) is 0 Å². The fraction of sp³-hybridized carbons (Fsp3) is 0.667. The van der Waals surface area contributed by atoms with Crippen LogP contribution in [0.4, 0.5) is 0 Å². The number of aromatic nitrogens is 2. The Kier molecular flexibility index (Phi) is 2.69. The van der Waals surface area contributed by atoms with Crippen molar-refractivity contribution in [2.45, 2.75) is 32.2 Å². The second kappa shape index (κ2) is 3.80. The zero-order valence-electron chi connectivity index (χ0n) is 7.59. The molecule has 0 fully saturated rings. The lowest BCUT2D eigenvalue weighted by Crippen LogP contribution is -2.11. The van der Waals surface area contributed by atoms with E-state index in [1.807, 2.05) is 4.68 Å². The van der Waals surface area contributed by atoms with Crippen LogP contribution in [-0.4, -0.2) is 16.3 Å². The molecule has 2 N–H and O–H groups in total. The van der Waals surface area contributed by atoms with Crippen molar-refractivity contribution in [2.24, 2.45) is 5.73 Å². The number of fused-ring (bicyclic) bond motifs is 1. The smallest absolute Gasteiger partial charge is 0.107 e. The molecule has 1 aliphatic rings. The van der Waals surface area contributed by atoms with Gasteiger partial charge in [0.15, 0.2) is 0 Å². The van der Waals surface area contributed by atoms with Crippen LogP contribution < -0.4 is 5.73 Å². The van der Waals surface area contributed by atoms with Gasteiger partial charge in [0.05, 0.1) is 12.2 Å². The highest BCUT2D eigenvalue weighted by Gasteiger charge is 2.18. The molecule has 0 aliphatic heterocycles. The molecule has 1 aromatic heterocycles. The molecule has 1 aromatic rings. The van der Waals surface area contributed by atoms with Crippen LogP contribution in [0, 0.1) is 0 Å². The third-order valence-electron chi connectivity index (χ3n) is 2.50. The van der Waals surface area contributed by atoms with Crippen molar-refractivity contribution >= 4 is 15.9 Å². The lowest BCUT2D eigenvalue weighted by molar-refractivity contribution is 0.599. The van der Waals surface area contributed by atoms with E-state index in [9.17, 15) is 0 Å². The quantitative estimate of drug-likeness (QED) is 0.856. The summed E-state index contributed by atoms with van der Waals surface area (Å²) < 4.78 is 3.13. The molecule has 0 bridgehead atoms. The Morgan fingerprint density at radius 2 is 2.15 bits per heavy atom. The van der Waals surface area contributed by atoms with Crippen molar-refractivity contribution in [1.29, 1.82) is 0 Å². The first-order valence-electron chi connectivity index (χ1n) is 4.77. The zero-order chi connectivity index (χ0) is 9.26. The predicted molar refractivity (Wildman–Crippen MR) is 55.6 cm³/mol. The Labute approximate surface area is 86.4 Å². The monoisotopic (exact) mass is 243 g/mol. The van der Waals surface area contributed by atoms with Gasteiger partial charge >= 0.3 is 0 Å². The average molecular weight is 244 g/mol. The highest BCUT2D eigenvalue weighted by atomic mass is 79.9. The summed E-state index contributed by atoms with van der Waals surface area (Å²) in [4.78, 5) is 0. The Balaban J connectivity index is 2.33. The van der Waals surface area contributed by atoms with Gasteiger partial charge in [0.1, 0.15) is 4.60 Å². The zero-order valence-corrected chi connectivity index (χ0v) is 9.18. The summed E-state index contributed by atoms with van der Waals surface area (Å²) in [5.74, 6) is 0. The first kappa shape index (κ1) is 9.21. The minimum atomic E-state index is 0.652. The summed E-state index contributed by atoms with van der Waals surface area (Å²) in [6.45, 7) is 1.47. The molecule has 0 saturated carbocycles. The molecule has 0 radical (unpaired) electrons. The van der Waals surface area contributed by atoms with E-state index >= 15 is 0 Å². The number of rotatable bonds is 2. The number of nitrogens with two attached hydrogens (primary N) is 1. The Bertz CT molecular complexity index is 306. The molecule has 0 spiro atoms. The summed E-state index contributed by atoms with van der Waals surface area (Å²) >= 11 is 3.58. The van der Waals surface area contributed by atoms with Crippen LogP contribution >= 0.6 is 15.9 Å². The molecule has 0 aromatic carbocycles. The van der Waals surface area contributed by atoms with Gasteiger partial charge < -0.3 is 5.73 Å². The Morgan fingerprint density at radius 3 is 2.85 bits per heavy atom. The van der Waals surface area contributed by atoms with Crippen molar-refractivity contribution in [2.75, 3.05) is 6.54 Å². The fourth-order valence-corrected chi connectivity index (χ4v) is 2.52. The molecular weight excluding hydrogens is 230 g/mol. The van der Waals surface area contributed by atoms with E-state index in [1.54, 1.807) is 0 Å². The molecule has 4 heteroatoms. The summed E-state index contributed by atoms with van der Waals surface area (Å²) in [6.07, 6.45) is 4.87. The van der Waals surface area contributed by atoms with Crippen molar-refractivity contribution < 1.29 is 0 Å². The second-order valence-electron chi connectivity index (χ2n) is 3.43. The lowest BCUT2D eigenvalue weighted by Gasteiger charge is -2.08. The Morgan fingerprint density at radius 1 is 1.38 bits per heavy atom. The molecule has 13 heavy (non-hydrogen) atoms. The molecule has 1 aliphatic carbocycles. The third kappa shape index (κ3) is 1.65. The van der Waals surface area contributed by atoms with E-state index in [0.717, 1.165) is 17.6 Å². The van der Waals surface area contributed by atoms with Crippen LogP contribution in [0.15, 0.2) is 4.60 Å². The maximum absolute atomic E-state index is 5.51. The SMILES string of the molecule is NCCn1nc2c(c1Br)CCCC2. The van der Waals surface area contributed by atoms with E-state index in [2.05, 4.69) is 21.0 Å². The maximum Gasteiger partial charge on any atom is 0.107 e. The molecule has 0 atom stereocenters. The summed E-state index contributed by atoms with van der Waals surface area (Å²) in [5.41, 5.74) is 8.18. The largest absolute Gasteiger partial charge is 0.329 e. The van der Waals surface area contributed by atoms with Gasteiger partial charge in [0.25, 0.3) is 0 Å². The summed E-state index contributed by atoms with van der Waals surface area (Å²) in [5, 5.41) is 4.53. The van der Waals surface area contributed by atoms with Gasteiger partial charge in [-0.3, -0.25) is 4.68 Å². The topological polar surface area (TPSA) is 43.8 Å². The van der Waals surface area contributed by atoms with Crippen molar-refractivity contribution in [3.63, 3.8) is 0 Å². The van der Waals surface area contributed by atoms with Gasteiger partial charge in [-0.05, 0) is 41.6 Å². The van der Waals surface area contributed by atoms with E-state index in [-0.39, 0.29) is 0 Å². The standard InChI is InChI=1S/C9H14BrN3/c10-9-7-3-1-2-4-8(7)12-13(9)6-5-11/h1-6,11H2. The van der Waals surface area contributed by atoms with E-state index in [0.29, 0.717) is 6.54 Å². The maximum atomic E-state index is 5.51. The number of nitrogens with zero attached hydrogens (tertiary/aromatic N) is 2. The minimum Gasteiger partial charge on any atom is -0.329 e. The van der Waals surface area contributed by atoms with Gasteiger partial charge in [0.2, 0.25) is 0 Å². The predicted octanol–water partition coefficient (Wildman–Crippen LogP) is 1.48. The number of hydrogen-bond donors (Lipinski definition) is 1. The van der Waals surface area contributed by atoms with Crippen LogP contribution in [0.3, 0.4) is 0 Å². The van der Waals surface area contributed by atoms with Crippen LogP contribution in [0.2, 0.25) is 0 Å². The molecule has 72 valence electrons. The second-order valence-corrected chi connectivity index (χ2v) is 4.19. The highest BCUT2D eigenvalue weighted by Crippen LogP contribution is 2.27. The number of hydrogen-bond acceptors (Lipinski definition) is 2. The molecule has 0 amide bonds. The van der Waals surface area contributed by atoms with E-state index < -0.39 is 0 Å². The van der Waals surface area contributed by atoms with Crippen LogP contribution in [-0.2, 0) is 19.4 Å². The molecular formula is C9H14BrN3. The third-order valence-corrected chi connectivity index (χ3v) is 3.38. The number of halogens is 1. The molecule has 3 nitrogen and oxygen atoms in total. The van der Waals surface area contributed by atoms with Crippen molar-refractivity contribution in [1.82, 2.24) is 9.78 Å². The molecule has 0 unspecified atom stereocenters. The van der Waals surface area contributed by atoms with Gasteiger partial charge in [-0.1, -0.05) is 0 Å². The van der Waals surface area contributed by atoms with Gasteiger partial charge in [0, 0.05) is 12.1 Å². The highest BCUT2D eigenvalue weighted by molar-refractivity contribution is 9.10. The van der Waals surface area contributed by atoms with Crippen molar-refractivity contribution in [3.8, 4) is 0 Å². The molecule has 0 saturated heterocycles. The fourth-order valence-electron chi connectivity index (χ4n) is 1.84. The first-order valence-corrected chi connectivity index (χ1v) is 5.56. The minimum absolute atomic E-state index is 0.652. The lowest BCUT2D eigenvalue weighted by atomic mass is 9.99. The van der Waals surface area contributed by atoms with E-state index in [4.69, 9.17) is 5.73 Å². The normalized spacial score (nSPS) is 15.8. The first-order chi connectivity index (χ1) is 6.33.